The molecule has 20 heavy (non-hydrogen) atoms. The maximum atomic E-state index is 12.3. The van der Waals surface area contributed by atoms with Crippen LogP contribution in [0.5, 0.6) is 0 Å². The summed E-state index contributed by atoms with van der Waals surface area (Å²) in [6.45, 7) is 4.80. The third-order valence-electron chi connectivity index (χ3n) is 4.61. The number of hydrogen-bond donors (Lipinski definition) is 0. The van der Waals surface area contributed by atoms with Crippen LogP contribution >= 0.6 is 0 Å². The van der Waals surface area contributed by atoms with Crippen molar-refractivity contribution >= 4 is 11.3 Å². The first-order valence-corrected chi connectivity index (χ1v) is 7.55. The average Bonchev–Trinajstić information content (AvgIpc) is 3.16. The topological polar surface area (TPSA) is 26.3 Å². The molecule has 1 aromatic rings. The van der Waals surface area contributed by atoms with E-state index in [1.54, 1.807) is 0 Å². The van der Waals surface area contributed by atoms with E-state index in [2.05, 4.69) is 38.1 Å². The fraction of sp³-hybridized carbons (Fsp3) is 0.529. The van der Waals surface area contributed by atoms with Gasteiger partial charge in [-0.15, -0.1) is 0 Å². The molecule has 1 saturated heterocycles. The van der Waals surface area contributed by atoms with Gasteiger partial charge in [-0.25, -0.2) is 0 Å². The monoisotopic (exact) mass is 272 g/mol. The molecule has 0 aromatic heterocycles. The maximum absolute atomic E-state index is 12.3. The highest BCUT2D eigenvalue weighted by Crippen LogP contribution is 2.39. The molecule has 2 aliphatic rings. The van der Waals surface area contributed by atoms with Crippen LogP contribution in [0.1, 0.15) is 30.9 Å². The van der Waals surface area contributed by atoms with Crippen LogP contribution in [0.15, 0.2) is 23.8 Å². The summed E-state index contributed by atoms with van der Waals surface area (Å²) >= 11 is 0. The Morgan fingerprint density at radius 3 is 2.60 bits per heavy atom. The van der Waals surface area contributed by atoms with Crippen LogP contribution in [0.4, 0.5) is 5.69 Å². The zero-order chi connectivity index (χ0) is 14.3. The Morgan fingerprint density at radius 2 is 1.95 bits per heavy atom. The van der Waals surface area contributed by atoms with Gasteiger partial charge < -0.3 is 14.8 Å². The van der Waals surface area contributed by atoms with Crippen molar-refractivity contribution in [2.45, 2.75) is 26.2 Å². The average molecular weight is 272 g/mol. The number of quaternary nitrogens is 1. The Morgan fingerprint density at radius 1 is 1.20 bits per heavy atom. The zero-order valence-electron chi connectivity index (χ0n) is 12.8. The number of allylic oxidation sites excluding steroid dienone is 1. The molecule has 0 N–H and O–H groups in total. The van der Waals surface area contributed by atoms with Crippen molar-refractivity contribution in [1.82, 2.24) is 9.55 Å². The second kappa shape index (κ2) is 4.99. The molecule has 0 amide bonds. The molecule has 0 atom stereocenters. The van der Waals surface area contributed by atoms with Crippen molar-refractivity contribution < 1.29 is 0 Å². The van der Waals surface area contributed by atoms with E-state index in [4.69, 9.17) is 0 Å². The minimum absolute atomic E-state index is 0.118. The minimum atomic E-state index is -0.118. The van der Waals surface area contributed by atoms with Gasteiger partial charge in [0.25, 0.3) is 0 Å². The predicted molar refractivity (Wildman–Crippen MR) is 85.4 cm³/mol. The van der Waals surface area contributed by atoms with Crippen LogP contribution in [0.25, 0.3) is 5.57 Å². The molecule has 1 aliphatic heterocycles. The molecule has 3 rings (SSSR count). The lowest BCUT2D eigenvalue weighted by Crippen LogP contribution is -2.18. The number of hydroxylamine groups is 2. The first-order valence-electron chi connectivity index (χ1n) is 7.55. The summed E-state index contributed by atoms with van der Waals surface area (Å²) in [6.07, 6.45) is 3.35. The molecular formula is C17H24N2O. The van der Waals surface area contributed by atoms with Gasteiger partial charge in [-0.2, -0.15) is 0 Å². The third-order valence-corrected chi connectivity index (χ3v) is 4.61. The summed E-state index contributed by atoms with van der Waals surface area (Å²) in [6, 6.07) is 6.40. The fourth-order valence-corrected chi connectivity index (χ4v) is 3.05. The lowest BCUT2D eigenvalue weighted by Gasteiger charge is -2.26. The number of rotatable bonds is 4. The standard InChI is InChI=1S/C17H24N2O/c1-13-4-5-14-6-7-15(19(20)10-11-19)12-17(14)16(13)8-9-18(2)3/h6-7,12H,4-5,8-11H2,1-3H3. The molecule has 1 fully saturated rings. The van der Waals surface area contributed by atoms with Crippen molar-refractivity contribution in [1.29, 1.82) is 0 Å². The van der Waals surface area contributed by atoms with Crippen LogP contribution in [-0.2, 0) is 6.42 Å². The maximum Gasteiger partial charge on any atom is 0.134 e. The number of aryl methyl sites for hydroxylation is 1. The second-order valence-electron chi connectivity index (χ2n) is 6.49. The Kier molecular flexibility index (Phi) is 3.44. The van der Waals surface area contributed by atoms with E-state index in [0.717, 1.165) is 44.6 Å². The highest BCUT2D eigenvalue weighted by molar-refractivity contribution is 5.75. The Labute approximate surface area is 121 Å². The summed E-state index contributed by atoms with van der Waals surface area (Å²) < 4.78 is -0.118. The number of nitrogens with zero attached hydrogens (tertiary/aromatic N) is 2. The minimum Gasteiger partial charge on any atom is -0.627 e. The number of fused-ring (bicyclic) bond motifs is 1. The molecule has 0 radical (unpaired) electrons. The van der Waals surface area contributed by atoms with Crippen LogP contribution in [0.2, 0.25) is 0 Å². The van der Waals surface area contributed by atoms with Crippen LogP contribution in [-0.4, -0.2) is 38.6 Å². The van der Waals surface area contributed by atoms with Gasteiger partial charge in [0.2, 0.25) is 0 Å². The number of hydrogen-bond acceptors (Lipinski definition) is 2. The lowest BCUT2D eigenvalue weighted by molar-refractivity contribution is 0.419. The van der Waals surface area contributed by atoms with Gasteiger partial charge in [0, 0.05) is 12.6 Å². The Balaban J connectivity index is 1.95. The normalized spacial score (nSPS) is 20.2. The van der Waals surface area contributed by atoms with E-state index >= 15 is 0 Å². The summed E-state index contributed by atoms with van der Waals surface area (Å²) in [5, 5.41) is 12.3. The van der Waals surface area contributed by atoms with E-state index in [9.17, 15) is 5.21 Å². The van der Waals surface area contributed by atoms with Crippen molar-refractivity contribution in [3.63, 3.8) is 0 Å². The molecular weight excluding hydrogens is 248 g/mol. The quantitative estimate of drug-likeness (QED) is 0.478. The van der Waals surface area contributed by atoms with Gasteiger partial charge in [-0.3, -0.25) is 0 Å². The molecule has 3 heteroatoms. The summed E-state index contributed by atoms with van der Waals surface area (Å²) in [5.41, 5.74) is 6.67. The molecule has 0 bridgehead atoms. The number of benzene rings is 1. The highest BCUT2D eigenvalue weighted by atomic mass is 16.6. The SMILES string of the molecule is CC1=C(CCN(C)C)c2cc([N+]3([O-])CC3)ccc2CC1. The van der Waals surface area contributed by atoms with Crippen molar-refractivity contribution in [3.05, 3.63) is 40.1 Å². The predicted octanol–water partition coefficient (Wildman–Crippen LogP) is 3.18. The molecule has 1 aliphatic carbocycles. The summed E-state index contributed by atoms with van der Waals surface area (Å²) in [4.78, 5) is 2.23. The van der Waals surface area contributed by atoms with Crippen molar-refractivity contribution in [3.8, 4) is 0 Å². The Bertz CT molecular complexity index is 556. The smallest absolute Gasteiger partial charge is 0.134 e. The van der Waals surface area contributed by atoms with E-state index in [0.29, 0.717) is 0 Å². The van der Waals surface area contributed by atoms with Gasteiger partial charge in [-0.1, -0.05) is 11.6 Å². The van der Waals surface area contributed by atoms with E-state index in [1.165, 1.54) is 22.3 Å². The van der Waals surface area contributed by atoms with Gasteiger partial charge in [0.05, 0.1) is 0 Å². The van der Waals surface area contributed by atoms with Crippen molar-refractivity contribution in [2.24, 2.45) is 0 Å². The van der Waals surface area contributed by atoms with Crippen LogP contribution < -0.4 is 4.65 Å². The van der Waals surface area contributed by atoms with Gasteiger partial charge in [-0.05, 0) is 63.0 Å². The molecule has 0 spiro atoms. The molecule has 1 aromatic carbocycles. The van der Waals surface area contributed by atoms with E-state index < -0.39 is 0 Å². The first-order chi connectivity index (χ1) is 9.49. The first kappa shape index (κ1) is 13.8. The second-order valence-corrected chi connectivity index (χ2v) is 6.49. The summed E-state index contributed by atoms with van der Waals surface area (Å²) in [5.74, 6) is 0. The zero-order valence-corrected chi connectivity index (χ0v) is 12.8. The molecule has 0 saturated carbocycles. The Hall–Kier alpha value is -1.16. The van der Waals surface area contributed by atoms with Gasteiger partial charge >= 0.3 is 0 Å². The molecule has 1 heterocycles. The van der Waals surface area contributed by atoms with Crippen LogP contribution in [0.3, 0.4) is 0 Å². The van der Waals surface area contributed by atoms with E-state index in [1.807, 2.05) is 6.07 Å². The highest BCUT2D eigenvalue weighted by Gasteiger charge is 2.35. The van der Waals surface area contributed by atoms with Gasteiger partial charge in [0.15, 0.2) is 0 Å². The molecule has 0 unspecified atom stereocenters. The lowest BCUT2D eigenvalue weighted by atomic mass is 9.84. The van der Waals surface area contributed by atoms with Crippen molar-refractivity contribution in [2.75, 3.05) is 33.7 Å². The molecule has 108 valence electrons. The summed E-state index contributed by atoms with van der Waals surface area (Å²) in [7, 11) is 4.23. The fourth-order valence-electron chi connectivity index (χ4n) is 3.05. The third kappa shape index (κ3) is 2.53. The van der Waals surface area contributed by atoms with E-state index in [-0.39, 0.29) is 4.65 Å². The van der Waals surface area contributed by atoms with Crippen LogP contribution in [0, 0.1) is 5.21 Å². The largest absolute Gasteiger partial charge is 0.627 e. The van der Waals surface area contributed by atoms with Gasteiger partial charge in [0.1, 0.15) is 18.8 Å². The molecule has 3 nitrogen and oxygen atoms in total.